The minimum Gasteiger partial charge on any atom is -0.392 e. The molecule has 1 aliphatic carbocycles. The fraction of sp³-hybridized carbons (Fsp3) is 0.769. The Labute approximate surface area is 106 Å². The van der Waals surface area contributed by atoms with Gasteiger partial charge in [-0.05, 0) is 19.8 Å². The van der Waals surface area contributed by atoms with Gasteiger partial charge in [0.05, 0.1) is 5.41 Å². The van der Waals surface area contributed by atoms with E-state index in [9.17, 15) is 14.4 Å². The zero-order valence-corrected chi connectivity index (χ0v) is 11.5. The summed E-state index contributed by atoms with van der Waals surface area (Å²) in [4.78, 5) is 38.0. The van der Waals surface area contributed by atoms with Crippen LogP contribution < -0.4 is 0 Å². The van der Waals surface area contributed by atoms with Crippen molar-refractivity contribution in [2.45, 2.75) is 33.6 Å². The Balaban J connectivity index is 2.64. The van der Waals surface area contributed by atoms with Crippen molar-refractivity contribution in [2.75, 3.05) is 14.1 Å². The van der Waals surface area contributed by atoms with Crippen LogP contribution in [0.25, 0.3) is 0 Å². The number of hydrogen-bond acceptors (Lipinski definition) is 4. The van der Waals surface area contributed by atoms with Crippen LogP contribution in [0.2, 0.25) is 0 Å². The molecule has 0 spiro atoms. The van der Waals surface area contributed by atoms with E-state index in [0.717, 1.165) is 0 Å². The third-order valence-electron chi connectivity index (χ3n) is 5.20. The van der Waals surface area contributed by atoms with E-state index >= 15 is 0 Å². The van der Waals surface area contributed by atoms with Gasteiger partial charge in [0.2, 0.25) is 5.91 Å². The Morgan fingerprint density at radius 2 is 1.67 bits per heavy atom. The van der Waals surface area contributed by atoms with Gasteiger partial charge in [-0.15, -0.1) is 0 Å². The number of nitrogens with zero attached hydrogens (tertiary/aromatic N) is 1. The monoisotopic (exact) mass is 253 g/mol. The molecule has 0 radical (unpaired) electrons. The van der Waals surface area contributed by atoms with Crippen molar-refractivity contribution in [2.24, 2.45) is 16.2 Å². The first-order valence-corrected chi connectivity index (χ1v) is 6.10. The summed E-state index contributed by atoms with van der Waals surface area (Å²) in [6, 6.07) is 0. The number of cyclic esters (lactones) is 2. The lowest BCUT2D eigenvalue weighted by Gasteiger charge is -2.48. The Morgan fingerprint density at radius 3 is 2.17 bits per heavy atom. The molecule has 1 saturated carbocycles. The predicted octanol–water partition coefficient (Wildman–Crippen LogP) is 0.971. The molecular formula is C13H19NO4. The molecule has 2 atom stereocenters. The number of hydrogen-bond donors (Lipinski definition) is 0. The first-order valence-electron chi connectivity index (χ1n) is 6.10. The van der Waals surface area contributed by atoms with Crippen molar-refractivity contribution in [3.05, 3.63) is 0 Å². The molecule has 0 aromatic carbocycles. The third-order valence-corrected chi connectivity index (χ3v) is 5.20. The highest BCUT2D eigenvalue weighted by atomic mass is 16.6. The van der Waals surface area contributed by atoms with E-state index in [4.69, 9.17) is 4.74 Å². The van der Waals surface area contributed by atoms with Gasteiger partial charge in [0.1, 0.15) is 0 Å². The van der Waals surface area contributed by atoms with Gasteiger partial charge >= 0.3 is 11.9 Å². The van der Waals surface area contributed by atoms with Gasteiger partial charge in [0.25, 0.3) is 0 Å². The molecule has 100 valence electrons. The summed E-state index contributed by atoms with van der Waals surface area (Å²) in [5.41, 5.74) is -2.72. The summed E-state index contributed by atoms with van der Waals surface area (Å²) >= 11 is 0. The maximum Gasteiger partial charge on any atom is 0.329 e. The normalized spacial score (nSPS) is 37.4. The van der Waals surface area contributed by atoms with Gasteiger partial charge in [-0.3, -0.25) is 14.4 Å². The number of esters is 2. The topological polar surface area (TPSA) is 63.7 Å². The molecule has 0 aromatic rings. The van der Waals surface area contributed by atoms with E-state index < -0.39 is 28.2 Å². The number of carbonyl (C=O) groups is 3. The minimum atomic E-state index is -1.22. The summed E-state index contributed by atoms with van der Waals surface area (Å²) in [7, 11) is 3.24. The van der Waals surface area contributed by atoms with E-state index in [0.29, 0.717) is 12.8 Å². The Morgan fingerprint density at radius 1 is 1.11 bits per heavy atom. The quantitative estimate of drug-likeness (QED) is 0.516. The number of carbonyl (C=O) groups excluding carboxylic acids is 3. The van der Waals surface area contributed by atoms with Gasteiger partial charge in [-0.1, -0.05) is 13.8 Å². The third kappa shape index (κ3) is 1.10. The Hall–Kier alpha value is -1.39. The minimum absolute atomic E-state index is 0.270. The molecule has 1 aliphatic heterocycles. The second kappa shape index (κ2) is 3.33. The van der Waals surface area contributed by atoms with E-state index in [1.54, 1.807) is 21.0 Å². The van der Waals surface area contributed by atoms with Crippen molar-refractivity contribution in [1.82, 2.24) is 4.90 Å². The van der Waals surface area contributed by atoms with Crippen LogP contribution in [0.5, 0.6) is 0 Å². The molecule has 2 rings (SSSR count). The fourth-order valence-corrected chi connectivity index (χ4v) is 3.38. The molecule has 18 heavy (non-hydrogen) atoms. The summed E-state index contributed by atoms with van der Waals surface area (Å²) in [5.74, 6) is -1.46. The highest BCUT2D eigenvalue weighted by molar-refractivity contribution is 6.10. The van der Waals surface area contributed by atoms with Crippen molar-refractivity contribution >= 4 is 17.8 Å². The van der Waals surface area contributed by atoms with Crippen LogP contribution in [0.15, 0.2) is 0 Å². The van der Waals surface area contributed by atoms with Crippen LogP contribution in [0.3, 0.4) is 0 Å². The maximum atomic E-state index is 12.5. The maximum absolute atomic E-state index is 12.5. The molecule has 1 heterocycles. The Kier molecular flexibility index (Phi) is 2.42. The highest BCUT2D eigenvalue weighted by Crippen LogP contribution is 2.66. The van der Waals surface area contributed by atoms with Gasteiger partial charge in [0.15, 0.2) is 5.41 Å². The van der Waals surface area contributed by atoms with Crippen molar-refractivity contribution in [3.8, 4) is 0 Å². The largest absolute Gasteiger partial charge is 0.392 e. The van der Waals surface area contributed by atoms with Crippen LogP contribution in [-0.4, -0.2) is 36.8 Å². The molecule has 1 saturated heterocycles. The van der Waals surface area contributed by atoms with Crippen molar-refractivity contribution < 1.29 is 19.1 Å². The predicted molar refractivity (Wildman–Crippen MR) is 63.3 cm³/mol. The Bertz CT molecular complexity index is 454. The summed E-state index contributed by atoms with van der Waals surface area (Å²) in [6.45, 7) is 5.42. The molecular weight excluding hydrogens is 234 g/mol. The van der Waals surface area contributed by atoms with Crippen molar-refractivity contribution in [1.29, 1.82) is 0 Å². The average Bonchev–Trinajstić information content (AvgIpc) is 2.40. The van der Waals surface area contributed by atoms with Crippen LogP contribution in [-0.2, 0) is 19.1 Å². The lowest BCUT2D eigenvalue weighted by Crippen LogP contribution is -2.61. The molecule has 5 nitrogen and oxygen atoms in total. The first kappa shape index (κ1) is 13.1. The molecule has 5 heteroatoms. The van der Waals surface area contributed by atoms with Gasteiger partial charge in [0, 0.05) is 19.5 Å². The molecule has 2 fully saturated rings. The second-order valence-corrected chi connectivity index (χ2v) is 6.24. The first-order chi connectivity index (χ1) is 8.11. The number of rotatable bonds is 1. The number of amides is 1. The van der Waals surface area contributed by atoms with Gasteiger partial charge in [-0.2, -0.15) is 0 Å². The fourth-order valence-electron chi connectivity index (χ4n) is 3.38. The van der Waals surface area contributed by atoms with Crippen LogP contribution in [0.4, 0.5) is 0 Å². The highest BCUT2D eigenvalue weighted by Gasteiger charge is 2.75. The zero-order chi connectivity index (χ0) is 13.9. The number of fused-ring (bicyclic) bond motifs is 2. The van der Waals surface area contributed by atoms with E-state index in [-0.39, 0.29) is 5.91 Å². The lowest BCUT2D eigenvalue weighted by atomic mass is 9.57. The molecule has 0 aromatic heterocycles. The molecule has 0 unspecified atom stereocenters. The van der Waals surface area contributed by atoms with E-state index in [2.05, 4.69) is 0 Å². The smallest absolute Gasteiger partial charge is 0.329 e. The average molecular weight is 253 g/mol. The molecule has 2 bridgehead atoms. The van der Waals surface area contributed by atoms with Crippen molar-refractivity contribution in [3.63, 3.8) is 0 Å². The summed E-state index contributed by atoms with van der Waals surface area (Å²) < 4.78 is 4.86. The van der Waals surface area contributed by atoms with Crippen LogP contribution in [0, 0.1) is 16.2 Å². The lowest BCUT2D eigenvalue weighted by molar-refractivity contribution is -0.198. The SMILES string of the molecule is CN(C)C(=O)[C@]12CC[C@@](C)(C(=O)OC1=O)C2(C)C. The van der Waals surface area contributed by atoms with Gasteiger partial charge < -0.3 is 9.64 Å². The van der Waals surface area contributed by atoms with Crippen LogP contribution >= 0.6 is 0 Å². The molecule has 2 aliphatic rings. The van der Waals surface area contributed by atoms with E-state index in [1.165, 1.54) is 4.90 Å². The van der Waals surface area contributed by atoms with Crippen LogP contribution in [0.1, 0.15) is 33.6 Å². The zero-order valence-electron chi connectivity index (χ0n) is 11.5. The van der Waals surface area contributed by atoms with Gasteiger partial charge in [-0.25, -0.2) is 0 Å². The van der Waals surface area contributed by atoms with E-state index in [1.807, 2.05) is 13.8 Å². The summed E-state index contributed by atoms with van der Waals surface area (Å²) in [6.07, 6.45) is 0.877. The standard InChI is InChI=1S/C13H19NO4/c1-11(2)12(3)6-7-13(11,8(15)14(4)5)10(17)18-9(12)16/h6-7H2,1-5H3/t12-,13+/m0/s1. The number of ether oxygens (including phenoxy) is 1. The molecule has 1 amide bonds. The summed E-state index contributed by atoms with van der Waals surface area (Å²) in [5, 5.41) is 0. The second-order valence-electron chi connectivity index (χ2n) is 6.24. The molecule has 0 N–H and O–H groups in total.